The Morgan fingerprint density at radius 2 is 1.96 bits per heavy atom. The lowest BCUT2D eigenvalue weighted by atomic mass is 10.0. The predicted octanol–water partition coefficient (Wildman–Crippen LogP) is 3.39. The van der Waals surface area contributed by atoms with Crippen LogP contribution in [0.25, 0.3) is 5.76 Å². The smallest absolute Gasteiger partial charge is 0.251 e. The van der Waals surface area contributed by atoms with Crippen LogP contribution in [0.15, 0.2) is 42.0 Å². The molecule has 0 bridgehead atoms. The fourth-order valence-electron chi connectivity index (χ4n) is 3.19. The van der Waals surface area contributed by atoms with Crippen LogP contribution in [-0.4, -0.2) is 24.0 Å². The Hall–Kier alpha value is -3.15. The number of hydrogen-bond acceptors (Lipinski definition) is 3. The predicted molar refractivity (Wildman–Crippen MR) is 102 cm³/mol. The first-order chi connectivity index (χ1) is 12.8. The van der Waals surface area contributed by atoms with Gasteiger partial charge in [-0.15, -0.1) is 0 Å². The first kappa shape index (κ1) is 18.6. The lowest BCUT2D eigenvalue weighted by Crippen LogP contribution is -2.31. The van der Waals surface area contributed by atoms with Crippen molar-refractivity contribution in [2.45, 2.75) is 26.8 Å². The maximum Gasteiger partial charge on any atom is 0.251 e. The molecule has 1 aliphatic rings. The van der Waals surface area contributed by atoms with Gasteiger partial charge in [0.1, 0.15) is 11.6 Å². The summed E-state index contributed by atoms with van der Waals surface area (Å²) >= 11 is 0. The fourth-order valence-corrected chi connectivity index (χ4v) is 3.19. The van der Waals surface area contributed by atoms with E-state index in [-0.39, 0.29) is 36.0 Å². The molecule has 1 heterocycles. The van der Waals surface area contributed by atoms with E-state index in [1.54, 1.807) is 31.2 Å². The minimum absolute atomic E-state index is 0.0328. The maximum atomic E-state index is 13.6. The van der Waals surface area contributed by atoms with Crippen molar-refractivity contribution in [3.63, 3.8) is 0 Å². The van der Waals surface area contributed by atoms with Gasteiger partial charge >= 0.3 is 0 Å². The summed E-state index contributed by atoms with van der Waals surface area (Å²) in [4.78, 5) is 26.6. The van der Waals surface area contributed by atoms with Gasteiger partial charge < -0.3 is 15.3 Å². The number of aliphatic hydroxyl groups is 1. The minimum Gasteiger partial charge on any atom is -0.507 e. The number of carbonyl (C=O) groups excluding carboxylic acids is 2. The first-order valence-corrected chi connectivity index (χ1v) is 8.62. The molecule has 0 saturated heterocycles. The SMILES string of the molecule is CNC(=O)C1=C(O)c2ccc(C)cc2N(Cc2ccc(F)c(C)c2)C(=O)C1. The van der Waals surface area contributed by atoms with E-state index in [2.05, 4.69) is 5.32 Å². The van der Waals surface area contributed by atoms with Gasteiger partial charge in [-0.3, -0.25) is 9.59 Å². The summed E-state index contributed by atoms with van der Waals surface area (Å²) in [5, 5.41) is 13.1. The van der Waals surface area contributed by atoms with Gasteiger partial charge in [0.15, 0.2) is 0 Å². The van der Waals surface area contributed by atoms with Gasteiger partial charge in [0, 0.05) is 12.6 Å². The Bertz CT molecular complexity index is 966. The molecule has 2 aromatic rings. The molecule has 0 fully saturated rings. The third-order valence-corrected chi connectivity index (χ3v) is 4.68. The lowest BCUT2D eigenvalue weighted by molar-refractivity contribution is -0.121. The second kappa shape index (κ2) is 7.23. The van der Waals surface area contributed by atoms with Gasteiger partial charge in [0.2, 0.25) is 5.91 Å². The van der Waals surface area contributed by atoms with Crippen LogP contribution in [0.2, 0.25) is 0 Å². The van der Waals surface area contributed by atoms with Gasteiger partial charge in [-0.1, -0.05) is 18.2 Å². The number of fused-ring (bicyclic) bond motifs is 1. The number of amides is 2. The van der Waals surface area contributed by atoms with Gasteiger partial charge in [-0.2, -0.15) is 0 Å². The Morgan fingerprint density at radius 1 is 1.22 bits per heavy atom. The van der Waals surface area contributed by atoms with E-state index < -0.39 is 5.91 Å². The molecule has 0 spiro atoms. The van der Waals surface area contributed by atoms with Crippen LogP contribution in [-0.2, 0) is 16.1 Å². The second-order valence-corrected chi connectivity index (χ2v) is 6.67. The van der Waals surface area contributed by atoms with E-state index >= 15 is 0 Å². The molecule has 6 heteroatoms. The van der Waals surface area contributed by atoms with Crippen molar-refractivity contribution in [2.24, 2.45) is 0 Å². The zero-order valence-electron chi connectivity index (χ0n) is 15.5. The summed E-state index contributed by atoms with van der Waals surface area (Å²) in [6.07, 6.45) is -0.223. The Balaban J connectivity index is 2.10. The molecular formula is C21H21FN2O3. The number of nitrogens with zero attached hydrogens (tertiary/aromatic N) is 1. The monoisotopic (exact) mass is 368 g/mol. The highest BCUT2D eigenvalue weighted by atomic mass is 19.1. The number of aliphatic hydroxyl groups excluding tert-OH is 1. The number of likely N-dealkylation sites (N-methyl/N-ethyl adjacent to an activating group) is 1. The molecule has 1 aliphatic heterocycles. The molecular weight excluding hydrogens is 347 g/mol. The zero-order chi connectivity index (χ0) is 19.7. The third-order valence-electron chi connectivity index (χ3n) is 4.68. The molecule has 3 rings (SSSR count). The number of benzene rings is 2. The van der Waals surface area contributed by atoms with E-state index in [1.165, 1.54) is 18.0 Å². The standard InChI is InChI=1S/C21H21FN2O3/c1-12-4-6-15-18(8-12)24(11-14-5-7-17(22)13(2)9-14)19(25)10-16(20(15)26)21(27)23-3/h4-9,26H,10-11H2,1-3H3,(H,23,27). The Labute approximate surface area is 157 Å². The van der Waals surface area contributed by atoms with Crippen molar-refractivity contribution < 1.29 is 19.1 Å². The van der Waals surface area contributed by atoms with Crippen LogP contribution >= 0.6 is 0 Å². The largest absolute Gasteiger partial charge is 0.507 e. The highest BCUT2D eigenvalue weighted by Crippen LogP contribution is 2.35. The van der Waals surface area contributed by atoms with Crippen LogP contribution < -0.4 is 10.2 Å². The average Bonchev–Trinajstić information content (AvgIpc) is 2.74. The van der Waals surface area contributed by atoms with E-state index in [4.69, 9.17) is 0 Å². The number of carbonyl (C=O) groups is 2. The van der Waals surface area contributed by atoms with Gasteiger partial charge in [0.05, 0.1) is 24.2 Å². The molecule has 0 unspecified atom stereocenters. The van der Waals surface area contributed by atoms with Crippen molar-refractivity contribution in [3.05, 3.63) is 70.0 Å². The van der Waals surface area contributed by atoms with E-state index in [1.807, 2.05) is 13.0 Å². The summed E-state index contributed by atoms with van der Waals surface area (Å²) in [5.41, 5.74) is 3.15. The molecule has 0 saturated carbocycles. The van der Waals surface area contributed by atoms with Crippen LogP contribution in [0.5, 0.6) is 0 Å². The average molecular weight is 368 g/mol. The first-order valence-electron chi connectivity index (χ1n) is 8.62. The minimum atomic E-state index is -0.494. The molecule has 0 aromatic heterocycles. The van der Waals surface area contributed by atoms with E-state index in [9.17, 15) is 19.1 Å². The second-order valence-electron chi connectivity index (χ2n) is 6.67. The quantitative estimate of drug-likeness (QED) is 0.872. The molecule has 0 atom stereocenters. The van der Waals surface area contributed by atoms with Gasteiger partial charge in [0.25, 0.3) is 5.91 Å². The van der Waals surface area contributed by atoms with Gasteiger partial charge in [-0.25, -0.2) is 4.39 Å². The number of aryl methyl sites for hydroxylation is 2. The topological polar surface area (TPSA) is 69.6 Å². The summed E-state index contributed by atoms with van der Waals surface area (Å²) in [6, 6.07) is 10.00. The lowest BCUT2D eigenvalue weighted by Gasteiger charge is -2.24. The normalized spacial score (nSPS) is 14.1. The molecule has 5 nitrogen and oxygen atoms in total. The van der Waals surface area contributed by atoms with Crippen molar-refractivity contribution in [1.82, 2.24) is 5.32 Å². The highest BCUT2D eigenvalue weighted by Gasteiger charge is 2.30. The summed E-state index contributed by atoms with van der Waals surface area (Å²) in [7, 11) is 1.45. The van der Waals surface area contributed by atoms with Crippen molar-refractivity contribution in [3.8, 4) is 0 Å². The number of hydrogen-bond donors (Lipinski definition) is 2. The highest BCUT2D eigenvalue weighted by molar-refractivity contribution is 6.10. The fraction of sp³-hybridized carbons (Fsp3) is 0.238. The number of anilines is 1. The number of nitrogens with one attached hydrogen (secondary N) is 1. The van der Waals surface area contributed by atoms with Crippen molar-refractivity contribution >= 4 is 23.3 Å². The van der Waals surface area contributed by atoms with Crippen molar-refractivity contribution in [1.29, 1.82) is 0 Å². The van der Waals surface area contributed by atoms with E-state index in [0.717, 1.165) is 11.1 Å². The molecule has 2 aromatic carbocycles. The molecule has 0 radical (unpaired) electrons. The van der Waals surface area contributed by atoms with Crippen molar-refractivity contribution in [2.75, 3.05) is 11.9 Å². The number of rotatable bonds is 3. The molecule has 27 heavy (non-hydrogen) atoms. The van der Waals surface area contributed by atoms with Gasteiger partial charge in [-0.05, 0) is 48.7 Å². The zero-order valence-corrected chi connectivity index (χ0v) is 15.5. The van der Waals surface area contributed by atoms with Crippen LogP contribution in [0, 0.1) is 19.7 Å². The van der Waals surface area contributed by atoms with Crippen LogP contribution in [0.3, 0.4) is 0 Å². The molecule has 0 aliphatic carbocycles. The maximum absolute atomic E-state index is 13.6. The Kier molecular flexibility index (Phi) is 4.99. The third kappa shape index (κ3) is 3.56. The molecule has 2 N–H and O–H groups in total. The summed E-state index contributed by atoms with van der Waals surface area (Å²) < 4.78 is 13.6. The summed E-state index contributed by atoms with van der Waals surface area (Å²) in [5.74, 6) is -1.31. The van der Waals surface area contributed by atoms with Crippen LogP contribution in [0.4, 0.5) is 10.1 Å². The number of halogens is 1. The Morgan fingerprint density at radius 3 is 2.63 bits per heavy atom. The molecule has 2 amide bonds. The van der Waals surface area contributed by atoms with Crippen LogP contribution in [0.1, 0.15) is 28.7 Å². The van der Waals surface area contributed by atoms with E-state index in [0.29, 0.717) is 16.8 Å². The summed E-state index contributed by atoms with van der Waals surface area (Å²) in [6.45, 7) is 3.76. The molecule has 140 valence electrons.